The van der Waals surface area contributed by atoms with Gasteiger partial charge in [0.15, 0.2) is 0 Å². The van der Waals surface area contributed by atoms with Crippen LogP contribution in [-0.4, -0.2) is 12.2 Å². The highest BCUT2D eigenvalue weighted by Gasteiger charge is 2.27. The lowest BCUT2D eigenvalue weighted by atomic mass is 9.87. The molecule has 2 nitrogen and oxygen atoms in total. The first-order chi connectivity index (χ1) is 8.16. The monoisotopic (exact) mass is 227 g/mol. The molecule has 0 aliphatic carbocycles. The minimum atomic E-state index is -0.985. The van der Waals surface area contributed by atoms with Crippen LogP contribution in [0.3, 0.4) is 0 Å². The zero-order chi connectivity index (χ0) is 12.3. The Bertz CT molecular complexity index is 491. The molecule has 2 heteroatoms. The van der Waals surface area contributed by atoms with Crippen molar-refractivity contribution in [2.75, 3.05) is 12.4 Å². The molecule has 0 aliphatic rings. The first kappa shape index (κ1) is 11.7. The molecule has 0 fully saturated rings. The summed E-state index contributed by atoms with van der Waals surface area (Å²) < 4.78 is 0. The zero-order valence-electron chi connectivity index (χ0n) is 10.1. The largest absolute Gasteiger partial charge is 0.388 e. The molecule has 2 aromatic rings. The molecule has 0 amide bonds. The third-order valence-electron chi connectivity index (χ3n) is 3.06. The van der Waals surface area contributed by atoms with Gasteiger partial charge >= 0.3 is 0 Å². The van der Waals surface area contributed by atoms with E-state index in [0.717, 1.165) is 16.8 Å². The molecule has 0 heterocycles. The van der Waals surface area contributed by atoms with Gasteiger partial charge in [-0.2, -0.15) is 0 Å². The summed E-state index contributed by atoms with van der Waals surface area (Å²) in [4.78, 5) is 0. The number of hydrogen-bond donors (Lipinski definition) is 2. The SMILES string of the molecule is CNc1ccccc1C(C)(O)c1ccccc1. The summed E-state index contributed by atoms with van der Waals surface area (Å²) in [6.45, 7) is 1.82. The molecule has 1 unspecified atom stereocenters. The third-order valence-corrected chi connectivity index (χ3v) is 3.06. The van der Waals surface area contributed by atoms with Crippen molar-refractivity contribution in [1.29, 1.82) is 0 Å². The third kappa shape index (κ3) is 2.17. The summed E-state index contributed by atoms with van der Waals surface area (Å²) in [5.74, 6) is 0. The van der Waals surface area contributed by atoms with Crippen molar-refractivity contribution in [3.63, 3.8) is 0 Å². The molecule has 2 aromatic carbocycles. The van der Waals surface area contributed by atoms with Gasteiger partial charge in [0, 0.05) is 18.3 Å². The number of nitrogens with one attached hydrogen (secondary N) is 1. The Kier molecular flexibility index (Phi) is 3.16. The molecule has 0 aliphatic heterocycles. The van der Waals surface area contributed by atoms with Crippen LogP contribution in [-0.2, 0) is 5.60 Å². The zero-order valence-corrected chi connectivity index (χ0v) is 10.1. The lowest BCUT2D eigenvalue weighted by molar-refractivity contribution is 0.103. The van der Waals surface area contributed by atoms with Gasteiger partial charge in [0.2, 0.25) is 0 Å². The van der Waals surface area contributed by atoms with Gasteiger partial charge in [-0.15, -0.1) is 0 Å². The summed E-state index contributed by atoms with van der Waals surface area (Å²) in [6.07, 6.45) is 0. The predicted molar refractivity (Wildman–Crippen MR) is 71.1 cm³/mol. The van der Waals surface area contributed by atoms with Gasteiger partial charge in [0.05, 0.1) is 0 Å². The fourth-order valence-corrected chi connectivity index (χ4v) is 2.04. The van der Waals surface area contributed by atoms with Crippen LogP contribution in [0.4, 0.5) is 5.69 Å². The van der Waals surface area contributed by atoms with Gasteiger partial charge in [-0.1, -0.05) is 48.5 Å². The van der Waals surface area contributed by atoms with Crippen molar-refractivity contribution in [2.45, 2.75) is 12.5 Å². The summed E-state index contributed by atoms with van der Waals surface area (Å²) in [6, 6.07) is 17.5. The maximum Gasteiger partial charge on any atom is 0.114 e. The number of benzene rings is 2. The van der Waals surface area contributed by atoms with Crippen molar-refractivity contribution in [1.82, 2.24) is 0 Å². The summed E-state index contributed by atoms with van der Waals surface area (Å²) >= 11 is 0. The molecule has 88 valence electrons. The average Bonchev–Trinajstić information content (AvgIpc) is 2.39. The van der Waals surface area contributed by atoms with Gasteiger partial charge in [0.1, 0.15) is 5.60 Å². The van der Waals surface area contributed by atoms with Crippen LogP contribution in [0.1, 0.15) is 18.1 Å². The van der Waals surface area contributed by atoms with Crippen LogP contribution in [0.2, 0.25) is 0 Å². The number of aliphatic hydroxyl groups is 1. The highest BCUT2D eigenvalue weighted by molar-refractivity contribution is 5.56. The topological polar surface area (TPSA) is 32.3 Å². The van der Waals surface area contributed by atoms with Crippen LogP contribution < -0.4 is 5.32 Å². The highest BCUT2D eigenvalue weighted by Crippen LogP contribution is 2.33. The van der Waals surface area contributed by atoms with Gasteiger partial charge in [-0.25, -0.2) is 0 Å². The standard InChI is InChI=1S/C15H17NO/c1-15(17,12-8-4-3-5-9-12)13-10-6-7-11-14(13)16-2/h3-11,16-17H,1-2H3. The number of para-hydroxylation sites is 1. The Labute approximate surface area is 102 Å². The molecule has 1 atom stereocenters. The first-order valence-corrected chi connectivity index (χ1v) is 5.71. The van der Waals surface area contributed by atoms with E-state index in [1.165, 1.54) is 0 Å². The van der Waals surface area contributed by atoms with E-state index in [4.69, 9.17) is 0 Å². The van der Waals surface area contributed by atoms with E-state index in [1.807, 2.05) is 68.6 Å². The minimum absolute atomic E-state index is 0.883. The fraction of sp³-hybridized carbons (Fsp3) is 0.200. The Morgan fingerprint density at radius 2 is 1.53 bits per heavy atom. The van der Waals surface area contributed by atoms with E-state index in [0.29, 0.717) is 0 Å². The smallest absolute Gasteiger partial charge is 0.114 e. The minimum Gasteiger partial charge on any atom is -0.388 e. The predicted octanol–water partition coefficient (Wildman–Crippen LogP) is 2.98. The van der Waals surface area contributed by atoms with Crippen molar-refractivity contribution >= 4 is 5.69 Å². The summed E-state index contributed by atoms with van der Waals surface area (Å²) in [5.41, 5.74) is 1.73. The highest BCUT2D eigenvalue weighted by atomic mass is 16.3. The summed E-state index contributed by atoms with van der Waals surface area (Å²) in [7, 11) is 1.86. The summed E-state index contributed by atoms with van der Waals surface area (Å²) in [5, 5.41) is 13.8. The fourth-order valence-electron chi connectivity index (χ4n) is 2.04. The van der Waals surface area contributed by atoms with Crippen molar-refractivity contribution in [3.05, 3.63) is 65.7 Å². The van der Waals surface area contributed by atoms with E-state index >= 15 is 0 Å². The molecule has 0 bridgehead atoms. The Morgan fingerprint density at radius 3 is 2.18 bits per heavy atom. The quantitative estimate of drug-likeness (QED) is 0.845. The molecule has 0 saturated carbocycles. The van der Waals surface area contributed by atoms with Crippen LogP contribution in [0, 0.1) is 0 Å². The average molecular weight is 227 g/mol. The lowest BCUT2D eigenvalue weighted by Gasteiger charge is -2.26. The second kappa shape index (κ2) is 4.60. The van der Waals surface area contributed by atoms with Crippen molar-refractivity contribution in [2.24, 2.45) is 0 Å². The van der Waals surface area contributed by atoms with Crippen molar-refractivity contribution < 1.29 is 5.11 Å². The van der Waals surface area contributed by atoms with E-state index in [-0.39, 0.29) is 0 Å². The second-order valence-corrected chi connectivity index (χ2v) is 4.23. The van der Waals surface area contributed by atoms with E-state index in [9.17, 15) is 5.11 Å². The molecular weight excluding hydrogens is 210 g/mol. The Hall–Kier alpha value is -1.80. The number of hydrogen-bond acceptors (Lipinski definition) is 2. The van der Waals surface area contributed by atoms with Crippen LogP contribution in [0.25, 0.3) is 0 Å². The van der Waals surface area contributed by atoms with Gasteiger partial charge in [0.25, 0.3) is 0 Å². The molecule has 0 radical (unpaired) electrons. The van der Waals surface area contributed by atoms with E-state index in [1.54, 1.807) is 0 Å². The molecule has 0 spiro atoms. The number of anilines is 1. The molecule has 17 heavy (non-hydrogen) atoms. The van der Waals surface area contributed by atoms with E-state index < -0.39 is 5.60 Å². The van der Waals surface area contributed by atoms with Crippen LogP contribution >= 0.6 is 0 Å². The second-order valence-electron chi connectivity index (χ2n) is 4.23. The molecule has 0 saturated heterocycles. The van der Waals surface area contributed by atoms with Gasteiger partial charge < -0.3 is 10.4 Å². The van der Waals surface area contributed by atoms with Crippen molar-refractivity contribution in [3.8, 4) is 0 Å². The van der Waals surface area contributed by atoms with E-state index in [2.05, 4.69) is 5.32 Å². The normalized spacial score (nSPS) is 14.1. The Morgan fingerprint density at radius 1 is 0.941 bits per heavy atom. The molecule has 2 N–H and O–H groups in total. The lowest BCUT2D eigenvalue weighted by Crippen LogP contribution is -2.23. The Balaban J connectivity index is 2.51. The van der Waals surface area contributed by atoms with Crippen LogP contribution in [0.15, 0.2) is 54.6 Å². The maximum atomic E-state index is 10.7. The molecular formula is C15H17NO. The van der Waals surface area contributed by atoms with Crippen LogP contribution in [0.5, 0.6) is 0 Å². The first-order valence-electron chi connectivity index (χ1n) is 5.71. The maximum absolute atomic E-state index is 10.7. The van der Waals surface area contributed by atoms with Gasteiger partial charge in [-0.05, 0) is 18.6 Å². The molecule has 0 aromatic heterocycles. The van der Waals surface area contributed by atoms with Gasteiger partial charge in [-0.3, -0.25) is 0 Å². The molecule has 2 rings (SSSR count). The number of rotatable bonds is 3.